The fraction of sp³-hybridized carbons (Fsp3) is 0.250. The van der Waals surface area contributed by atoms with Gasteiger partial charge >= 0.3 is 5.97 Å². The number of methoxy groups -OCH3 is 2. The Morgan fingerprint density at radius 2 is 1.96 bits per heavy atom. The molecule has 0 unspecified atom stereocenters. The molecule has 2 aromatic carbocycles. The zero-order valence-corrected chi connectivity index (χ0v) is 14.2. The van der Waals surface area contributed by atoms with Crippen LogP contribution in [0.3, 0.4) is 0 Å². The molecule has 2 atom stereocenters. The molecular weight excluding hydrogens is 316 g/mol. The second-order valence-corrected chi connectivity index (χ2v) is 6.22. The van der Waals surface area contributed by atoms with Crippen molar-refractivity contribution in [3.63, 3.8) is 0 Å². The molecule has 5 nitrogen and oxygen atoms in total. The largest absolute Gasteiger partial charge is 0.497 e. The number of fused-ring (bicyclic) bond motifs is 3. The van der Waals surface area contributed by atoms with E-state index in [0.29, 0.717) is 6.42 Å². The van der Waals surface area contributed by atoms with Crippen molar-refractivity contribution in [2.75, 3.05) is 14.2 Å². The number of carbonyl (C=O) groups excluding carboxylic acids is 1. The first-order chi connectivity index (χ1) is 12.2. The van der Waals surface area contributed by atoms with Crippen molar-refractivity contribution in [3.05, 3.63) is 65.4 Å². The quantitative estimate of drug-likeness (QED) is 0.722. The van der Waals surface area contributed by atoms with Gasteiger partial charge in [-0.05, 0) is 29.3 Å². The Bertz CT molecular complexity index is 932. The number of H-pyrrole nitrogens is 1. The van der Waals surface area contributed by atoms with E-state index in [4.69, 9.17) is 9.47 Å². The van der Waals surface area contributed by atoms with Gasteiger partial charge in [-0.2, -0.15) is 0 Å². The normalized spacial score (nSPS) is 19.4. The van der Waals surface area contributed by atoms with Gasteiger partial charge in [-0.1, -0.05) is 30.3 Å². The maximum atomic E-state index is 12.2. The molecule has 1 aliphatic rings. The van der Waals surface area contributed by atoms with Gasteiger partial charge in [-0.3, -0.25) is 10.1 Å². The smallest absolute Gasteiger partial charge is 0.323 e. The predicted octanol–water partition coefficient (Wildman–Crippen LogP) is 2.95. The number of esters is 1. The highest BCUT2D eigenvalue weighted by molar-refractivity contribution is 5.87. The SMILES string of the molecule is COC(=O)[C@H]1Cc2c([nH]c3ccccc23)[C@H](c2cccc(OC)c2)N1. The van der Waals surface area contributed by atoms with Crippen LogP contribution in [0.1, 0.15) is 22.9 Å². The molecule has 1 aromatic heterocycles. The molecule has 5 heteroatoms. The van der Waals surface area contributed by atoms with Crippen LogP contribution in [0, 0.1) is 0 Å². The van der Waals surface area contributed by atoms with Crippen LogP contribution >= 0.6 is 0 Å². The van der Waals surface area contributed by atoms with Gasteiger partial charge in [0.1, 0.15) is 11.8 Å². The summed E-state index contributed by atoms with van der Waals surface area (Å²) in [6, 6.07) is 15.6. The molecule has 2 heterocycles. The van der Waals surface area contributed by atoms with Crippen molar-refractivity contribution in [1.82, 2.24) is 10.3 Å². The summed E-state index contributed by atoms with van der Waals surface area (Å²) in [4.78, 5) is 15.7. The molecule has 0 amide bonds. The first-order valence-electron chi connectivity index (χ1n) is 8.28. The van der Waals surface area contributed by atoms with Gasteiger partial charge in [0, 0.05) is 23.0 Å². The summed E-state index contributed by atoms with van der Waals surface area (Å²) in [5.74, 6) is 0.543. The number of ether oxygens (including phenoxy) is 2. The lowest BCUT2D eigenvalue weighted by Gasteiger charge is -2.30. The number of aromatic nitrogens is 1. The number of para-hydroxylation sites is 1. The van der Waals surface area contributed by atoms with E-state index in [1.807, 2.05) is 36.4 Å². The summed E-state index contributed by atoms with van der Waals surface area (Å²) in [5, 5.41) is 4.58. The first-order valence-corrected chi connectivity index (χ1v) is 8.28. The van der Waals surface area contributed by atoms with E-state index in [-0.39, 0.29) is 18.1 Å². The number of carbonyl (C=O) groups is 1. The van der Waals surface area contributed by atoms with Crippen LogP contribution in [-0.2, 0) is 16.0 Å². The highest BCUT2D eigenvalue weighted by atomic mass is 16.5. The second kappa shape index (κ2) is 6.26. The fourth-order valence-corrected chi connectivity index (χ4v) is 3.61. The van der Waals surface area contributed by atoms with Gasteiger partial charge in [0.05, 0.1) is 20.3 Å². The lowest BCUT2D eigenvalue weighted by Crippen LogP contribution is -2.45. The van der Waals surface area contributed by atoms with E-state index < -0.39 is 0 Å². The molecule has 0 spiro atoms. The third kappa shape index (κ3) is 2.66. The molecular formula is C20H20N2O3. The van der Waals surface area contributed by atoms with E-state index >= 15 is 0 Å². The topological polar surface area (TPSA) is 63.4 Å². The van der Waals surface area contributed by atoms with Crippen LogP contribution < -0.4 is 10.1 Å². The molecule has 128 valence electrons. The molecule has 25 heavy (non-hydrogen) atoms. The summed E-state index contributed by atoms with van der Waals surface area (Å²) < 4.78 is 10.3. The van der Waals surface area contributed by atoms with Crippen LogP contribution in [0.5, 0.6) is 5.75 Å². The maximum absolute atomic E-state index is 12.2. The molecule has 2 N–H and O–H groups in total. The number of rotatable bonds is 3. The van der Waals surface area contributed by atoms with Crippen molar-refractivity contribution in [2.45, 2.75) is 18.5 Å². The van der Waals surface area contributed by atoms with E-state index in [2.05, 4.69) is 22.4 Å². The zero-order valence-electron chi connectivity index (χ0n) is 14.2. The van der Waals surface area contributed by atoms with Crippen molar-refractivity contribution in [2.24, 2.45) is 0 Å². The molecule has 0 fully saturated rings. The molecule has 1 aliphatic heterocycles. The molecule has 0 radical (unpaired) electrons. The minimum Gasteiger partial charge on any atom is -0.497 e. The summed E-state index contributed by atoms with van der Waals surface area (Å²) in [6.07, 6.45) is 0.604. The Kier molecular flexibility index (Phi) is 3.93. The van der Waals surface area contributed by atoms with Crippen molar-refractivity contribution >= 4 is 16.9 Å². The van der Waals surface area contributed by atoms with Crippen molar-refractivity contribution < 1.29 is 14.3 Å². The first kappa shape index (κ1) is 15.7. The maximum Gasteiger partial charge on any atom is 0.323 e. The Morgan fingerprint density at radius 3 is 2.76 bits per heavy atom. The third-order valence-corrected chi connectivity index (χ3v) is 4.82. The van der Waals surface area contributed by atoms with Gasteiger partial charge < -0.3 is 14.5 Å². The van der Waals surface area contributed by atoms with Gasteiger partial charge in [0.2, 0.25) is 0 Å². The molecule has 0 saturated heterocycles. The zero-order chi connectivity index (χ0) is 17.4. The summed E-state index contributed by atoms with van der Waals surface area (Å²) >= 11 is 0. The lowest BCUT2D eigenvalue weighted by molar-refractivity contribution is -0.143. The predicted molar refractivity (Wildman–Crippen MR) is 95.8 cm³/mol. The molecule has 0 saturated carbocycles. The van der Waals surface area contributed by atoms with Gasteiger partial charge in [-0.25, -0.2) is 0 Å². The summed E-state index contributed by atoms with van der Waals surface area (Å²) in [5.41, 5.74) is 4.38. The number of nitrogens with one attached hydrogen (secondary N) is 2. The lowest BCUT2D eigenvalue weighted by atomic mass is 9.90. The van der Waals surface area contributed by atoms with Crippen LogP contribution in [0.2, 0.25) is 0 Å². The van der Waals surface area contributed by atoms with E-state index in [1.165, 1.54) is 7.11 Å². The summed E-state index contributed by atoms with van der Waals surface area (Å²) in [6.45, 7) is 0. The molecule has 4 rings (SSSR count). The monoisotopic (exact) mass is 336 g/mol. The highest BCUT2D eigenvalue weighted by Crippen LogP contribution is 2.36. The number of aromatic amines is 1. The Hall–Kier alpha value is -2.79. The third-order valence-electron chi connectivity index (χ3n) is 4.82. The minimum absolute atomic E-state index is 0.129. The van der Waals surface area contributed by atoms with Crippen LogP contribution in [-0.4, -0.2) is 31.2 Å². The number of hydrogen-bond donors (Lipinski definition) is 2. The average molecular weight is 336 g/mol. The Morgan fingerprint density at radius 1 is 1.12 bits per heavy atom. The van der Waals surface area contributed by atoms with Gasteiger partial charge in [0.25, 0.3) is 0 Å². The van der Waals surface area contributed by atoms with E-state index in [9.17, 15) is 4.79 Å². The molecule has 0 bridgehead atoms. The van der Waals surface area contributed by atoms with Crippen LogP contribution in [0.4, 0.5) is 0 Å². The standard InChI is InChI=1S/C20H20N2O3/c1-24-13-7-5-6-12(10-13)18-19-15(11-17(22-18)20(23)25-2)14-8-3-4-9-16(14)21-19/h3-10,17-18,21-22H,11H2,1-2H3/t17-,18+/m1/s1. The highest BCUT2D eigenvalue weighted by Gasteiger charge is 2.34. The van der Waals surface area contributed by atoms with E-state index in [0.717, 1.165) is 33.5 Å². The van der Waals surface area contributed by atoms with Crippen LogP contribution in [0.25, 0.3) is 10.9 Å². The van der Waals surface area contributed by atoms with Gasteiger partial charge in [0.15, 0.2) is 0 Å². The number of benzene rings is 2. The van der Waals surface area contributed by atoms with E-state index in [1.54, 1.807) is 7.11 Å². The van der Waals surface area contributed by atoms with Crippen molar-refractivity contribution in [1.29, 1.82) is 0 Å². The van der Waals surface area contributed by atoms with Gasteiger partial charge in [-0.15, -0.1) is 0 Å². The Labute approximate surface area is 146 Å². The second-order valence-electron chi connectivity index (χ2n) is 6.22. The molecule has 3 aromatic rings. The molecule has 0 aliphatic carbocycles. The average Bonchev–Trinajstić information content (AvgIpc) is 3.05. The fourth-order valence-electron chi connectivity index (χ4n) is 3.61. The summed E-state index contributed by atoms with van der Waals surface area (Å²) in [7, 11) is 3.08. The van der Waals surface area contributed by atoms with Crippen LogP contribution in [0.15, 0.2) is 48.5 Å². The van der Waals surface area contributed by atoms with Crippen molar-refractivity contribution in [3.8, 4) is 5.75 Å². The Balaban J connectivity index is 1.87. The number of hydrogen-bond acceptors (Lipinski definition) is 4. The minimum atomic E-state index is -0.382.